The lowest BCUT2D eigenvalue weighted by atomic mass is 9.71. The number of aromatic nitrogens is 1. The largest absolute Gasteiger partial charge is 0.493 e. The van der Waals surface area contributed by atoms with Crippen molar-refractivity contribution in [3.63, 3.8) is 0 Å². The number of nitrogens with one attached hydrogen (secondary N) is 1. The molecule has 2 aromatic rings. The van der Waals surface area contributed by atoms with E-state index < -0.39 is 0 Å². The van der Waals surface area contributed by atoms with Gasteiger partial charge in [-0.3, -0.25) is 14.6 Å². The van der Waals surface area contributed by atoms with Crippen LogP contribution in [0.5, 0.6) is 11.5 Å². The van der Waals surface area contributed by atoms with Crippen LogP contribution in [-0.2, 0) is 22.7 Å². The summed E-state index contributed by atoms with van der Waals surface area (Å²) in [5, 5.41) is 3.00. The van der Waals surface area contributed by atoms with Gasteiger partial charge in [0, 0.05) is 32.0 Å². The molecular weight excluding hydrogens is 406 g/mol. The fraction of sp³-hybridized carbons (Fsp3) is 0.400. The minimum atomic E-state index is -0.359. The lowest BCUT2D eigenvalue weighted by molar-refractivity contribution is -0.148. The number of carbonyl (C=O) groups excluding carboxylic acids is 2. The van der Waals surface area contributed by atoms with E-state index in [1.54, 1.807) is 26.6 Å². The quantitative estimate of drug-likeness (QED) is 0.677. The lowest BCUT2D eigenvalue weighted by Crippen LogP contribution is -2.51. The van der Waals surface area contributed by atoms with Gasteiger partial charge in [0.1, 0.15) is 0 Å². The number of ether oxygens (including phenoxy) is 2. The number of rotatable bonds is 7. The van der Waals surface area contributed by atoms with Crippen LogP contribution < -0.4 is 14.8 Å². The normalized spacial score (nSPS) is 22.2. The van der Waals surface area contributed by atoms with Crippen LogP contribution in [0.2, 0.25) is 0 Å². The molecule has 168 valence electrons. The highest BCUT2D eigenvalue weighted by Gasteiger charge is 2.44. The van der Waals surface area contributed by atoms with Crippen molar-refractivity contribution in [2.24, 2.45) is 17.8 Å². The minimum Gasteiger partial charge on any atom is -0.493 e. The summed E-state index contributed by atoms with van der Waals surface area (Å²) in [4.78, 5) is 32.5. The number of amides is 2. The number of pyridine rings is 1. The molecule has 0 unspecified atom stereocenters. The fourth-order valence-electron chi connectivity index (χ4n) is 4.67. The molecule has 2 amide bonds. The molecule has 7 nitrogen and oxygen atoms in total. The summed E-state index contributed by atoms with van der Waals surface area (Å²) in [7, 11) is 3.20. The highest BCUT2D eigenvalue weighted by atomic mass is 16.5. The van der Waals surface area contributed by atoms with Gasteiger partial charge in [0.2, 0.25) is 11.8 Å². The Bertz CT molecular complexity index is 992. The summed E-state index contributed by atoms with van der Waals surface area (Å²) in [5.41, 5.74) is 1.91. The highest BCUT2D eigenvalue weighted by molar-refractivity contribution is 5.89. The zero-order chi connectivity index (χ0) is 22.5. The predicted molar refractivity (Wildman–Crippen MR) is 120 cm³/mol. The summed E-state index contributed by atoms with van der Waals surface area (Å²) in [6, 6.07) is 9.46. The number of piperidine rings is 1. The van der Waals surface area contributed by atoms with Crippen LogP contribution in [0.15, 0.2) is 54.9 Å². The van der Waals surface area contributed by atoms with Crippen LogP contribution in [0.3, 0.4) is 0 Å². The van der Waals surface area contributed by atoms with Gasteiger partial charge in [-0.1, -0.05) is 24.3 Å². The smallest absolute Gasteiger partial charge is 0.227 e. The molecule has 4 rings (SSSR count). The molecule has 0 radical (unpaired) electrons. The summed E-state index contributed by atoms with van der Waals surface area (Å²) >= 11 is 0. The third-order valence-electron chi connectivity index (χ3n) is 6.34. The van der Waals surface area contributed by atoms with Crippen LogP contribution in [0, 0.1) is 17.8 Å². The maximum Gasteiger partial charge on any atom is 0.227 e. The summed E-state index contributed by atoms with van der Waals surface area (Å²) < 4.78 is 10.7. The Balaban J connectivity index is 1.46. The molecule has 1 fully saturated rings. The number of likely N-dealkylation sites (tertiary alicyclic amines) is 1. The molecule has 1 saturated heterocycles. The van der Waals surface area contributed by atoms with Crippen molar-refractivity contribution < 1.29 is 19.1 Å². The van der Waals surface area contributed by atoms with E-state index in [9.17, 15) is 9.59 Å². The molecule has 1 aliphatic heterocycles. The van der Waals surface area contributed by atoms with E-state index in [2.05, 4.69) is 16.4 Å². The summed E-state index contributed by atoms with van der Waals surface area (Å²) in [5.74, 6) is 0.679. The zero-order valence-electron chi connectivity index (χ0n) is 18.5. The first-order chi connectivity index (χ1) is 15.6. The van der Waals surface area contributed by atoms with Crippen LogP contribution in [0.4, 0.5) is 0 Å². The van der Waals surface area contributed by atoms with E-state index in [1.807, 2.05) is 41.3 Å². The van der Waals surface area contributed by atoms with Gasteiger partial charge in [0.15, 0.2) is 11.5 Å². The van der Waals surface area contributed by atoms with Gasteiger partial charge in [-0.2, -0.15) is 0 Å². The Hall–Kier alpha value is -3.35. The average molecular weight is 436 g/mol. The van der Waals surface area contributed by atoms with Crippen molar-refractivity contribution in [3.05, 3.63) is 66.0 Å². The Morgan fingerprint density at radius 1 is 1.19 bits per heavy atom. The molecule has 7 heteroatoms. The molecule has 1 aromatic heterocycles. The Morgan fingerprint density at radius 2 is 2.03 bits per heavy atom. The first-order valence-electron chi connectivity index (χ1n) is 10.9. The average Bonchev–Trinajstić information content (AvgIpc) is 2.84. The van der Waals surface area contributed by atoms with Gasteiger partial charge >= 0.3 is 0 Å². The number of hydrogen-bond donors (Lipinski definition) is 1. The summed E-state index contributed by atoms with van der Waals surface area (Å²) in [6.07, 6.45) is 9.03. The Labute approximate surface area is 188 Å². The second-order valence-corrected chi connectivity index (χ2v) is 8.28. The maximum absolute atomic E-state index is 13.5. The number of nitrogens with zero attached hydrogens (tertiary/aromatic N) is 2. The monoisotopic (exact) mass is 435 g/mol. The molecule has 3 atom stereocenters. The van der Waals surface area contributed by atoms with Gasteiger partial charge in [-0.15, -0.1) is 0 Å². The minimum absolute atomic E-state index is 0.0434. The fourth-order valence-corrected chi connectivity index (χ4v) is 4.67. The lowest BCUT2D eigenvalue weighted by Gasteiger charge is -2.41. The highest BCUT2D eigenvalue weighted by Crippen LogP contribution is 2.38. The van der Waals surface area contributed by atoms with Gasteiger partial charge < -0.3 is 19.7 Å². The van der Waals surface area contributed by atoms with E-state index >= 15 is 0 Å². The topological polar surface area (TPSA) is 80.8 Å². The molecule has 2 heterocycles. The number of benzene rings is 1. The molecule has 0 spiro atoms. The van der Waals surface area contributed by atoms with E-state index in [4.69, 9.17) is 9.47 Å². The predicted octanol–water partition coefficient (Wildman–Crippen LogP) is 2.96. The van der Waals surface area contributed by atoms with Crippen LogP contribution in [0.25, 0.3) is 0 Å². The molecule has 2 aliphatic rings. The van der Waals surface area contributed by atoms with Crippen LogP contribution in [0.1, 0.15) is 24.0 Å². The molecule has 0 bridgehead atoms. The van der Waals surface area contributed by atoms with Crippen LogP contribution in [-0.4, -0.2) is 42.5 Å². The van der Waals surface area contributed by atoms with Gasteiger partial charge in [0.05, 0.1) is 26.1 Å². The van der Waals surface area contributed by atoms with Crippen molar-refractivity contribution in [1.82, 2.24) is 15.2 Å². The van der Waals surface area contributed by atoms with Crippen LogP contribution >= 0.6 is 0 Å². The molecule has 0 saturated carbocycles. The van der Waals surface area contributed by atoms with Gasteiger partial charge in [0.25, 0.3) is 0 Å². The number of carbonyl (C=O) groups is 2. The second-order valence-electron chi connectivity index (χ2n) is 8.28. The third-order valence-corrected chi connectivity index (χ3v) is 6.34. The standard InChI is InChI=1S/C25H29N3O4/c1-31-21-9-8-17(13-22(21)32-2)16-28-12-10-19-6-3-7-20(23(19)25(28)30)24(29)27-15-18-5-4-11-26-14-18/h3-6,8-9,11,13-14,19-20,23H,7,10,12,15-16H2,1-2H3,(H,27,29)/t19-,20-,23+/m1/s1. The molecule has 1 aliphatic carbocycles. The SMILES string of the molecule is COc1ccc(CN2CC[C@H]3C=CC[C@@H](C(=O)NCc4cccnc4)[C@H]3C2=O)cc1OC. The van der Waals surface area contributed by atoms with E-state index in [0.29, 0.717) is 37.6 Å². The Morgan fingerprint density at radius 3 is 2.78 bits per heavy atom. The van der Waals surface area contributed by atoms with E-state index in [-0.39, 0.29) is 29.6 Å². The molecule has 1 aromatic carbocycles. The zero-order valence-corrected chi connectivity index (χ0v) is 18.5. The molecular formula is C25H29N3O4. The third kappa shape index (κ3) is 4.61. The van der Waals surface area contributed by atoms with Gasteiger partial charge in [-0.25, -0.2) is 0 Å². The van der Waals surface area contributed by atoms with Crippen molar-refractivity contribution in [2.45, 2.75) is 25.9 Å². The van der Waals surface area contributed by atoms with Crippen molar-refractivity contribution in [3.8, 4) is 11.5 Å². The first kappa shape index (κ1) is 21.9. The second kappa shape index (κ2) is 9.85. The number of fused-ring (bicyclic) bond motifs is 1. The van der Waals surface area contributed by atoms with E-state index in [1.165, 1.54) is 0 Å². The van der Waals surface area contributed by atoms with Crippen molar-refractivity contribution in [1.29, 1.82) is 0 Å². The number of hydrogen-bond acceptors (Lipinski definition) is 5. The first-order valence-corrected chi connectivity index (χ1v) is 10.9. The maximum atomic E-state index is 13.5. The molecule has 32 heavy (non-hydrogen) atoms. The Kier molecular flexibility index (Phi) is 6.73. The molecule has 1 N–H and O–H groups in total. The van der Waals surface area contributed by atoms with Gasteiger partial charge in [-0.05, 0) is 48.1 Å². The van der Waals surface area contributed by atoms with Crippen molar-refractivity contribution in [2.75, 3.05) is 20.8 Å². The van der Waals surface area contributed by atoms with Crippen molar-refractivity contribution >= 4 is 11.8 Å². The number of methoxy groups -OCH3 is 2. The summed E-state index contributed by atoms with van der Waals surface area (Å²) in [6.45, 7) is 1.56. The van der Waals surface area contributed by atoms with E-state index in [0.717, 1.165) is 17.5 Å². The number of allylic oxidation sites excluding steroid dienone is 2.